The molecule has 2 rings (SSSR count). The van der Waals surface area contributed by atoms with Crippen molar-refractivity contribution in [2.75, 3.05) is 33.2 Å². The number of nitrogens with zero attached hydrogens (tertiary/aromatic N) is 2. The minimum atomic E-state index is -0.0124. The van der Waals surface area contributed by atoms with Crippen LogP contribution in [0.5, 0.6) is 0 Å². The van der Waals surface area contributed by atoms with Gasteiger partial charge in [-0.3, -0.25) is 9.59 Å². The minimum absolute atomic E-state index is 0. The Morgan fingerprint density at radius 3 is 2.52 bits per heavy atom. The van der Waals surface area contributed by atoms with Gasteiger partial charge in [-0.2, -0.15) is 0 Å². The summed E-state index contributed by atoms with van der Waals surface area (Å²) >= 11 is 0. The predicted octanol–water partition coefficient (Wildman–Crippen LogP) is 1.90. The largest absolute Gasteiger partial charge is 0.342 e. The fraction of sp³-hybridized carbons (Fsp3) is 0.882. The molecule has 2 fully saturated rings. The van der Waals surface area contributed by atoms with Gasteiger partial charge in [0, 0.05) is 32.1 Å². The van der Waals surface area contributed by atoms with Gasteiger partial charge in [-0.05, 0) is 45.2 Å². The van der Waals surface area contributed by atoms with Crippen molar-refractivity contribution in [3.8, 4) is 0 Å². The lowest BCUT2D eigenvalue weighted by atomic mass is 9.93. The Bertz CT molecular complexity index is 399. The maximum Gasteiger partial charge on any atom is 0.227 e. The van der Waals surface area contributed by atoms with E-state index in [0.717, 1.165) is 51.7 Å². The van der Waals surface area contributed by atoms with Crippen LogP contribution < -0.4 is 5.32 Å². The third kappa shape index (κ3) is 5.08. The summed E-state index contributed by atoms with van der Waals surface area (Å²) in [5.41, 5.74) is 0. The summed E-state index contributed by atoms with van der Waals surface area (Å²) in [4.78, 5) is 29.0. The highest BCUT2D eigenvalue weighted by atomic mass is 35.5. The molecule has 2 saturated heterocycles. The minimum Gasteiger partial charge on any atom is -0.342 e. The molecule has 1 N–H and O–H groups in total. The van der Waals surface area contributed by atoms with Gasteiger partial charge in [0.25, 0.3) is 0 Å². The number of amides is 2. The number of carbonyl (C=O) groups excluding carboxylic acids is 2. The molecule has 2 unspecified atom stereocenters. The van der Waals surface area contributed by atoms with E-state index in [4.69, 9.17) is 0 Å². The van der Waals surface area contributed by atoms with Crippen molar-refractivity contribution in [1.82, 2.24) is 15.1 Å². The average Bonchev–Trinajstić information content (AvgIpc) is 2.59. The zero-order chi connectivity index (χ0) is 16.1. The maximum atomic E-state index is 12.8. The highest BCUT2D eigenvalue weighted by Gasteiger charge is 2.33. The van der Waals surface area contributed by atoms with Crippen LogP contribution >= 0.6 is 12.4 Å². The van der Waals surface area contributed by atoms with Crippen LogP contribution in [0.25, 0.3) is 0 Å². The molecule has 0 aromatic carbocycles. The van der Waals surface area contributed by atoms with E-state index in [2.05, 4.69) is 5.32 Å². The molecule has 23 heavy (non-hydrogen) atoms. The first-order chi connectivity index (χ1) is 10.5. The molecule has 0 bridgehead atoms. The summed E-state index contributed by atoms with van der Waals surface area (Å²) in [6.07, 6.45) is 4.79. The zero-order valence-corrected chi connectivity index (χ0v) is 15.5. The maximum absolute atomic E-state index is 12.8. The first-order valence-corrected chi connectivity index (χ1v) is 8.80. The highest BCUT2D eigenvalue weighted by molar-refractivity contribution is 5.85. The van der Waals surface area contributed by atoms with Crippen molar-refractivity contribution in [2.24, 2.45) is 11.8 Å². The Morgan fingerprint density at radius 1 is 1.26 bits per heavy atom. The Hall–Kier alpha value is -0.810. The number of hydrogen-bond donors (Lipinski definition) is 1. The molecular formula is C17H32ClN3O2. The third-order valence-corrected chi connectivity index (χ3v) is 5.32. The quantitative estimate of drug-likeness (QED) is 0.846. The van der Waals surface area contributed by atoms with Gasteiger partial charge in [0.05, 0.1) is 5.92 Å². The number of rotatable bonds is 4. The van der Waals surface area contributed by atoms with Gasteiger partial charge in [0.2, 0.25) is 11.8 Å². The summed E-state index contributed by atoms with van der Waals surface area (Å²) in [5, 5.41) is 3.34. The third-order valence-electron chi connectivity index (χ3n) is 5.32. The molecule has 2 amide bonds. The van der Waals surface area contributed by atoms with Crippen LogP contribution in [0, 0.1) is 11.8 Å². The van der Waals surface area contributed by atoms with Crippen LogP contribution in [0.15, 0.2) is 0 Å². The second-order valence-electron chi connectivity index (χ2n) is 6.86. The van der Waals surface area contributed by atoms with Crippen molar-refractivity contribution >= 4 is 24.2 Å². The van der Waals surface area contributed by atoms with E-state index in [9.17, 15) is 9.59 Å². The lowest BCUT2D eigenvalue weighted by Gasteiger charge is -2.38. The second kappa shape index (κ2) is 9.48. The van der Waals surface area contributed by atoms with Crippen molar-refractivity contribution in [3.05, 3.63) is 0 Å². The van der Waals surface area contributed by atoms with Crippen LogP contribution in [-0.4, -0.2) is 60.9 Å². The molecule has 0 spiro atoms. The summed E-state index contributed by atoms with van der Waals surface area (Å²) in [5.74, 6) is 0.496. The summed E-state index contributed by atoms with van der Waals surface area (Å²) in [6.45, 7) is 7.42. The van der Waals surface area contributed by atoms with Gasteiger partial charge in [-0.15, -0.1) is 12.4 Å². The molecule has 0 aliphatic carbocycles. The van der Waals surface area contributed by atoms with E-state index < -0.39 is 0 Å². The Labute approximate surface area is 146 Å². The fourth-order valence-electron chi connectivity index (χ4n) is 3.53. The molecule has 2 aliphatic heterocycles. The van der Waals surface area contributed by atoms with Crippen molar-refractivity contribution in [1.29, 1.82) is 0 Å². The van der Waals surface area contributed by atoms with Gasteiger partial charge in [0.15, 0.2) is 0 Å². The Kier molecular flexibility index (Phi) is 8.34. The normalized spacial score (nSPS) is 23.8. The van der Waals surface area contributed by atoms with Crippen LogP contribution in [0.4, 0.5) is 0 Å². The summed E-state index contributed by atoms with van der Waals surface area (Å²) in [7, 11) is 1.94. The number of halogens is 1. The van der Waals surface area contributed by atoms with Crippen LogP contribution in [0.3, 0.4) is 0 Å². The molecule has 0 radical (unpaired) electrons. The molecular weight excluding hydrogens is 314 g/mol. The number of nitrogens with one attached hydrogen (secondary N) is 1. The van der Waals surface area contributed by atoms with Crippen LogP contribution in [0.1, 0.15) is 46.0 Å². The molecule has 0 aromatic rings. The summed E-state index contributed by atoms with van der Waals surface area (Å²) < 4.78 is 0. The predicted molar refractivity (Wildman–Crippen MR) is 94.7 cm³/mol. The average molecular weight is 346 g/mol. The van der Waals surface area contributed by atoms with E-state index in [0.29, 0.717) is 12.6 Å². The molecule has 5 nitrogen and oxygen atoms in total. The molecule has 2 atom stereocenters. The number of piperidine rings is 2. The van der Waals surface area contributed by atoms with Crippen molar-refractivity contribution in [2.45, 2.75) is 52.0 Å². The van der Waals surface area contributed by atoms with Crippen LogP contribution in [0.2, 0.25) is 0 Å². The van der Waals surface area contributed by atoms with Gasteiger partial charge in [0.1, 0.15) is 0 Å². The van der Waals surface area contributed by atoms with E-state index in [1.54, 1.807) is 0 Å². The van der Waals surface area contributed by atoms with Gasteiger partial charge >= 0.3 is 0 Å². The number of carbonyl (C=O) groups is 2. The summed E-state index contributed by atoms with van der Waals surface area (Å²) in [6, 6.07) is 0.356. The SMILES string of the molecule is CCC(C)C(=O)N1CCCC(C(=O)N(C)C2CCNCC2)C1.Cl. The molecule has 6 heteroatoms. The molecule has 2 heterocycles. The van der Waals surface area contributed by atoms with Crippen molar-refractivity contribution in [3.63, 3.8) is 0 Å². The number of hydrogen-bond acceptors (Lipinski definition) is 3. The first-order valence-electron chi connectivity index (χ1n) is 8.80. The monoisotopic (exact) mass is 345 g/mol. The molecule has 2 aliphatic rings. The van der Waals surface area contributed by atoms with E-state index in [1.165, 1.54) is 0 Å². The highest BCUT2D eigenvalue weighted by Crippen LogP contribution is 2.23. The van der Waals surface area contributed by atoms with Gasteiger partial charge < -0.3 is 15.1 Å². The Morgan fingerprint density at radius 2 is 1.91 bits per heavy atom. The van der Waals surface area contributed by atoms with Crippen LogP contribution in [-0.2, 0) is 9.59 Å². The first kappa shape index (κ1) is 20.2. The molecule has 134 valence electrons. The lowest BCUT2D eigenvalue weighted by molar-refractivity contribution is -0.143. The standard InChI is InChI=1S/C17H31N3O2.ClH/c1-4-13(2)16(21)20-11-5-6-14(12-20)17(22)19(3)15-7-9-18-10-8-15;/h13-15,18H,4-12H2,1-3H3;1H. The van der Waals surface area contributed by atoms with Gasteiger partial charge in [-0.1, -0.05) is 13.8 Å². The molecule has 0 saturated carbocycles. The number of likely N-dealkylation sites (tertiary alicyclic amines) is 1. The van der Waals surface area contributed by atoms with E-state index in [-0.39, 0.29) is 36.1 Å². The molecule has 0 aromatic heterocycles. The van der Waals surface area contributed by atoms with E-state index in [1.807, 2.05) is 30.7 Å². The zero-order valence-electron chi connectivity index (χ0n) is 14.7. The lowest BCUT2D eigenvalue weighted by Crippen LogP contribution is -2.50. The smallest absolute Gasteiger partial charge is 0.227 e. The Balaban J connectivity index is 0.00000264. The fourth-order valence-corrected chi connectivity index (χ4v) is 3.53. The van der Waals surface area contributed by atoms with E-state index >= 15 is 0 Å². The van der Waals surface area contributed by atoms with Gasteiger partial charge in [-0.25, -0.2) is 0 Å². The second-order valence-corrected chi connectivity index (χ2v) is 6.86. The topological polar surface area (TPSA) is 52.7 Å². The van der Waals surface area contributed by atoms with Crippen molar-refractivity contribution < 1.29 is 9.59 Å².